The van der Waals surface area contributed by atoms with Gasteiger partial charge in [-0.2, -0.15) is 4.58 Å². The quantitative estimate of drug-likeness (QED) is 0.196. The molecule has 0 saturated heterocycles. The van der Waals surface area contributed by atoms with Gasteiger partial charge in [0.05, 0.1) is 16.7 Å². The number of aromatic nitrogens is 2. The van der Waals surface area contributed by atoms with Crippen LogP contribution in [0.5, 0.6) is 0 Å². The summed E-state index contributed by atoms with van der Waals surface area (Å²) in [7, 11) is 0. The van der Waals surface area contributed by atoms with E-state index in [9.17, 15) is 0 Å². The van der Waals surface area contributed by atoms with E-state index in [-0.39, 0.29) is 6.04 Å². The molecule has 1 aliphatic carbocycles. The van der Waals surface area contributed by atoms with Gasteiger partial charge in [0.1, 0.15) is 11.7 Å². The van der Waals surface area contributed by atoms with E-state index < -0.39 is 0 Å². The Labute approximate surface area is 260 Å². The van der Waals surface area contributed by atoms with Gasteiger partial charge in [-0.15, -0.1) is 0 Å². The highest BCUT2D eigenvalue weighted by Gasteiger charge is 2.49. The SMILES string of the molecule is C1=CC2=[N+](c3ccccc3)c3ccccc3N3c4ccc5c6ccccc6n(-c6cccc(-c7cccnc7)c6)c5c4C(=C1)C23. The first-order valence-electron chi connectivity index (χ1n) is 15.4. The van der Waals surface area contributed by atoms with E-state index in [0.717, 1.165) is 16.8 Å². The Morgan fingerprint density at radius 1 is 0.667 bits per heavy atom. The lowest BCUT2D eigenvalue weighted by Crippen LogP contribution is -2.43. The molecule has 4 heteroatoms. The van der Waals surface area contributed by atoms with Crippen LogP contribution in [0, 0.1) is 0 Å². The second-order valence-electron chi connectivity index (χ2n) is 11.8. The summed E-state index contributed by atoms with van der Waals surface area (Å²) in [6.07, 6.45) is 10.6. The third kappa shape index (κ3) is 3.36. The summed E-state index contributed by atoms with van der Waals surface area (Å²) < 4.78 is 4.91. The van der Waals surface area contributed by atoms with Crippen LogP contribution in [0.2, 0.25) is 0 Å². The third-order valence-electron chi connectivity index (χ3n) is 9.49. The summed E-state index contributed by atoms with van der Waals surface area (Å²) in [6.45, 7) is 0. The molecule has 2 aromatic heterocycles. The van der Waals surface area contributed by atoms with Crippen molar-refractivity contribution < 1.29 is 0 Å². The number of rotatable bonds is 3. The minimum Gasteiger partial charge on any atom is -0.318 e. The summed E-state index contributed by atoms with van der Waals surface area (Å²) in [4.78, 5) is 6.95. The van der Waals surface area contributed by atoms with E-state index in [1.54, 1.807) is 0 Å². The van der Waals surface area contributed by atoms with Crippen LogP contribution in [0.4, 0.5) is 22.7 Å². The highest BCUT2D eigenvalue weighted by atomic mass is 15.3. The van der Waals surface area contributed by atoms with E-state index in [0.29, 0.717) is 0 Å². The standard InChI is InChI=1S/C41H27N4/c1-2-13-29(14-3-1)43-35-19-6-7-20-36(35)45-37-23-22-32-31-16-4-5-18-34(31)44(41(32)39(37)33-17-9-21-38(43)40(33)45)30-15-8-11-27(25-30)28-12-10-24-42-26-28/h1-26,40H/q+1. The number of hydrogen-bond acceptors (Lipinski definition) is 2. The molecule has 4 nitrogen and oxygen atoms in total. The molecule has 7 aromatic rings. The molecule has 0 fully saturated rings. The lowest BCUT2D eigenvalue weighted by molar-refractivity contribution is 0.931. The molecule has 2 aliphatic heterocycles. The summed E-state index contributed by atoms with van der Waals surface area (Å²) >= 11 is 0. The van der Waals surface area contributed by atoms with E-state index in [4.69, 9.17) is 0 Å². The number of allylic oxidation sites excluding steroid dienone is 2. The van der Waals surface area contributed by atoms with E-state index in [2.05, 4.69) is 159 Å². The number of para-hydroxylation sites is 4. The maximum Gasteiger partial charge on any atom is 0.235 e. The molecule has 0 bridgehead atoms. The summed E-state index contributed by atoms with van der Waals surface area (Å²) in [5, 5.41) is 2.52. The maximum absolute atomic E-state index is 4.39. The van der Waals surface area contributed by atoms with Gasteiger partial charge in [0.25, 0.3) is 0 Å². The van der Waals surface area contributed by atoms with E-state index >= 15 is 0 Å². The van der Waals surface area contributed by atoms with Gasteiger partial charge in [0.2, 0.25) is 17.1 Å². The second kappa shape index (κ2) is 9.25. The van der Waals surface area contributed by atoms with Crippen LogP contribution in [-0.2, 0) is 0 Å². The van der Waals surface area contributed by atoms with Crippen LogP contribution in [0.25, 0.3) is 44.2 Å². The van der Waals surface area contributed by atoms with Gasteiger partial charge >= 0.3 is 0 Å². The fourth-order valence-electron chi connectivity index (χ4n) is 7.71. The van der Waals surface area contributed by atoms with Crippen LogP contribution >= 0.6 is 0 Å². The predicted octanol–water partition coefficient (Wildman–Crippen LogP) is 9.61. The van der Waals surface area contributed by atoms with Crippen molar-refractivity contribution in [2.45, 2.75) is 6.04 Å². The first kappa shape index (κ1) is 24.4. The molecule has 1 unspecified atom stereocenters. The summed E-state index contributed by atoms with van der Waals surface area (Å²) in [5.41, 5.74) is 14.6. The predicted molar refractivity (Wildman–Crippen MR) is 186 cm³/mol. The Bertz CT molecular complexity index is 2430. The van der Waals surface area contributed by atoms with Crippen molar-refractivity contribution in [3.8, 4) is 16.8 Å². The third-order valence-corrected chi connectivity index (χ3v) is 9.49. The highest BCUT2D eigenvalue weighted by Crippen LogP contribution is 2.55. The van der Waals surface area contributed by atoms with Gasteiger partial charge in [-0.3, -0.25) is 4.98 Å². The highest BCUT2D eigenvalue weighted by molar-refractivity contribution is 6.25. The molecule has 210 valence electrons. The Morgan fingerprint density at radius 3 is 2.42 bits per heavy atom. The topological polar surface area (TPSA) is 24.1 Å². The van der Waals surface area contributed by atoms with Crippen molar-refractivity contribution in [3.05, 3.63) is 164 Å². The summed E-state index contributed by atoms with van der Waals surface area (Å²) in [5.74, 6) is 0. The Balaban J connectivity index is 1.30. The number of nitrogens with zero attached hydrogens (tertiary/aromatic N) is 4. The molecule has 0 spiro atoms. The minimum absolute atomic E-state index is 0.0684. The van der Waals surface area contributed by atoms with Crippen molar-refractivity contribution in [3.63, 3.8) is 0 Å². The number of anilines is 2. The van der Waals surface area contributed by atoms with Gasteiger partial charge < -0.3 is 9.47 Å². The fourth-order valence-corrected chi connectivity index (χ4v) is 7.71. The Hall–Kier alpha value is -6.00. The van der Waals surface area contributed by atoms with Gasteiger partial charge in [-0.25, -0.2) is 0 Å². The second-order valence-corrected chi connectivity index (χ2v) is 11.8. The molecule has 5 aromatic carbocycles. The number of fused-ring (bicyclic) bond motifs is 9. The van der Waals surface area contributed by atoms with Crippen LogP contribution < -0.4 is 9.48 Å². The first-order valence-corrected chi connectivity index (χ1v) is 15.4. The van der Waals surface area contributed by atoms with Crippen molar-refractivity contribution >= 4 is 55.8 Å². The molecule has 0 saturated carbocycles. The number of benzene rings is 5. The van der Waals surface area contributed by atoms with Crippen molar-refractivity contribution in [1.29, 1.82) is 0 Å². The average molecular weight is 576 g/mol. The molecular formula is C41H27N4+. The average Bonchev–Trinajstić information content (AvgIpc) is 3.63. The van der Waals surface area contributed by atoms with Gasteiger partial charge in [-0.05, 0) is 47.5 Å². The molecule has 4 heterocycles. The lowest BCUT2D eigenvalue weighted by Gasteiger charge is -2.32. The first-order chi connectivity index (χ1) is 22.4. The van der Waals surface area contributed by atoms with Crippen molar-refractivity contribution in [2.75, 3.05) is 4.90 Å². The van der Waals surface area contributed by atoms with Gasteiger partial charge in [0, 0.05) is 64.3 Å². The number of pyridine rings is 1. The minimum atomic E-state index is 0.0684. The van der Waals surface area contributed by atoms with E-state index in [1.165, 1.54) is 61.4 Å². The van der Waals surface area contributed by atoms with Crippen LogP contribution in [0.1, 0.15) is 5.56 Å². The zero-order valence-corrected chi connectivity index (χ0v) is 24.4. The molecular weight excluding hydrogens is 548 g/mol. The normalized spacial score (nSPS) is 16.1. The molecule has 45 heavy (non-hydrogen) atoms. The zero-order valence-electron chi connectivity index (χ0n) is 24.4. The molecule has 0 amide bonds. The lowest BCUT2D eigenvalue weighted by atomic mass is 9.91. The van der Waals surface area contributed by atoms with Gasteiger partial charge in [-0.1, -0.05) is 84.9 Å². The van der Waals surface area contributed by atoms with Crippen molar-refractivity contribution in [1.82, 2.24) is 14.1 Å². The fraction of sp³-hybridized carbons (Fsp3) is 0.0244. The Morgan fingerprint density at radius 2 is 1.51 bits per heavy atom. The van der Waals surface area contributed by atoms with Crippen LogP contribution in [-0.4, -0.2) is 21.3 Å². The Kier molecular flexibility index (Phi) is 5.02. The molecule has 0 N–H and O–H groups in total. The smallest absolute Gasteiger partial charge is 0.235 e. The molecule has 10 rings (SSSR count). The monoisotopic (exact) mass is 575 g/mol. The largest absolute Gasteiger partial charge is 0.318 e. The molecule has 1 atom stereocenters. The van der Waals surface area contributed by atoms with Crippen molar-refractivity contribution in [2.24, 2.45) is 0 Å². The van der Waals surface area contributed by atoms with E-state index in [1.807, 2.05) is 18.5 Å². The zero-order chi connectivity index (χ0) is 29.5. The van der Waals surface area contributed by atoms with Crippen LogP contribution in [0.3, 0.4) is 0 Å². The molecule has 3 aliphatic rings. The number of hydrogen-bond donors (Lipinski definition) is 0. The van der Waals surface area contributed by atoms with Gasteiger partial charge in [0.15, 0.2) is 0 Å². The molecule has 0 radical (unpaired) electrons. The summed E-state index contributed by atoms with van der Waals surface area (Å²) in [6, 6.07) is 46.1. The van der Waals surface area contributed by atoms with Crippen LogP contribution in [0.15, 0.2) is 158 Å². The maximum atomic E-state index is 4.39.